The number of phenolic OH excluding ortho intramolecular Hbond substituents is 1. The van der Waals surface area contributed by atoms with Crippen LogP contribution in [0.2, 0.25) is 0 Å². The topological polar surface area (TPSA) is 20.2 Å². The first kappa shape index (κ1) is 22.6. The molecule has 0 aromatic heterocycles. The molecule has 0 aliphatic carbocycles. The molecule has 0 heterocycles. The predicted molar refractivity (Wildman–Crippen MR) is 28.1 cm³/mol. The van der Waals surface area contributed by atoms with Gasteiger partial charge in [-0.15, -0.1) is 0 Å². The fourth-order valence-corrected chi connectivity index (χ4v) is 0.428. The van der Waals surface area contributed by atoms with Gasteiger partial charge >= 0.3 is 21.7 Å². The van der Waals surface area contributed by atoms with Crippen molar-refractivity contribution in [3.8, 4) is 5.75 Å². The van der Waals surface area contributed by atoms with Gasteiger partial charge in [-0.3, -0.25) is 0 Å². The van der Waals surface area contributed by atoms with Gasteiger partial charge in [-0.1, -0.05) is 18.2 Å². The van der Waals surface area contributed by atoms with Gasteiger partial charge in [0.2, 0.25) is 0 Å². The first-order chi connectivity index (χ1) is 3.39. The number of hydrogen-bond acceptors (Lipinski definition) is 1. The number of rotatable bonds is 0. The molecular formula is C6H6Cl3OTi. The van der Waals surface area contributed by atoms with E-state index in [-0.39, 0.29) is 58.9 Å². The average molecular weight is 248 g/mol. The van der Waals surface area contributed by atoms with Crippen LogP contribution in [-0.2, 0) is 21.7 Å². The van der Waals surface area contributed by atoms with Crippen LogP contribution in [0.4, 0.5) is 0 Å². The second kappa shape index (κ2) is 13.2. The van der Waals surface area contributed by atoms with Gasteiger partial charge in [0.15, 0.2) is 0 Å². The molecule has 1 rings (SSSR count). The monoisotopic (exact) mass is 247 g/mol. The van der Waals surface area contributed by atoms with Gasteiger partial charge in [0, 0.05) is 0 Å². The van der Waals surface area contributed by atoms with Gasteiger partial charge in [-0.25, -0.2) is 0 Å². The Morgan fingerprint density at radius 3 is 1.36 bits per heavy atom. The maximum atomic E-state index is 8.63. The minimum absolute atomic E-state index is 0. The predicted octanol–water partition coefficient (Wildman–Crippen LogP) is -7.60. The molecule has 0 aliphatic rings. The molecule has 0 saturated carbocycles. The maximum absolute atomic E-state index is 8.63. The Balaban J connectivity index is -0.0000000612. The van der Waals surface area contributed by atoms with Crippen LogP contribution in [0.25, 0.3) is 0 Å². The summed E-state index contributed by atoms with van der Waals surface area (Å²) >= 11 is 0. The molecule has 1 radical (unpaired) electrons. The van der Waals surface area contributed by atoms with Crippen molar-refractivity contribution < 1.29 is 64.0 Å². The van der Waals surface area contributed by atoms with Gasteiger partial charge in [0.05, 0.1) is 0 Å². The van der Waals surface area contributed by atoms with Crippen molar-refractivity contribution in [3.63, 3.8) is 0 Å². The molecule has 0 bridgehead atoms. The van der Waals surface area contributed by atoms with Gasteiger partial charge in [0.1, 0.15) is 5.75 Å². The SMILES string of the molecule is Oc1ccccc1.[Cl-].[Cl-].[Cl-].[Ti+3]. The molecule has 0 aliphatic heterocycles. The van der Waals surface area contributed by atoms with Gasteiger partial charge < -0.3 is 42.3 Å². The quantitative estimate of drug-likeness (QED) is 0.452. The van der Waals surface area contributed by atoms with Crippen LogP contribution in [-0.4, -0.2) is 5.11 Å². The Bertz CT molecular complexity index is 148. The molecule has 0 spiro atoms. The van der Waals surface area contributed by atoms with Gasteiger partial charge in [-0.2, -0.15) is 0 Å². The van der Waals surface area contributed by atoms with E-state index in [1.54, 1.807) is 24.3 Å². The van der Waals surface area contributed by atoms with E-state index in [4.69, 9.17) is 5.11 Å². The van der Waals surface area contributed by atoms with Crippen molar-refractivity contribution in [3.05, 3.63) is 30.3 Å². The summed E-state index contributed by atoms with van der Waals surface area (Å²) < 4.78 is 0. The molecular weight excluding hydrogens is 242 g/mol. The zero-order chi connectivity index (χ0) is 5.11. The molecule has 1 nitrogen and oxygen atoms in total. The third-order valence-electron chi connectivity index (χ3n) is 0.756. The zero-order valence-corrected chi connectivity index (χ0v) is 9.30. The number of aromatic hydroxyl groups is 1. The maximum Gasteiger partial charge on any atom is 3.00 e. The largest absolute Gasteiger partial charge is 3.00 e. The molecule has 0 amide bonds. The summed E-state index contributed by atoms with van der Waals surface area (Å²) in [4.78, 5) is 0. The Kier molecular flexibility index (Phi) is 27.1. The second-order valence-corrected chi connectivity index (χ2v) is 1.34. The van der Waals surface area contributed by atoms with Crippen molar-refractivity contribution in [2.24, 2.45) is 0 Å². The third-order valence-corrected chi connectivity index (χ3v) is 0.756. The molecule has 0 fully saturated rings. The van der Waals surface area contributed by atoms with Crippen molar-refractivity contribution in [1.29, 1.82) is 0 Å². The Labute approximate surface area is 99.7 Å². The summed E-state index contributed by atoms with van der Waals surface area (Å²) in [5.74, 6) is 0.322. The van der Waals surface area contributed by atoms with Crippen LogP contribution in [0.5, 0.6) is 5.75 Å². The summed E-state index contributed by atoms with van der Waals surface area (Å²) in [5.41, 5.74) is 0. The molecule has 0 atom stereocenters. The standard InChI is InChI=1S/C6H6O.3ClH.Ti/c7-6-4-2-1-3-5-6;;;;/h1-5,7H;3*1H;/q;;;;+3/p-3. The van der Waals surface area contributed by atoms with E-state index in [2.05, 4.69) is 0 Å². The van der Waals surface area contributed by atoms with Crippen LogP contribution in [0.15, 0.2) is 30.3 Å². The number of benzene rings is 1. The minimum Gasteiger partial charge on any atom is -1.00 e. The van der Waals surface area contributed by atoms with Crippen molar-refractivity contribution in [2.45, 2.75) is 0 Å². The molecule has 61 valence electrons. The first-order valence-corrected chi connectivity index (χ1v) is 2.13. The molecule has 1 aromatic carbocycles. The molecule has 5 heteroatoms. The van der Waals surface area contributed by atoms with Crippen molar-refractivity contribution in [1.82, 2.24) is 0 Å². The fourth-order valence-electron chi connectivity index (χ4n) is 0.428. The van der Waals surface area contributed by atoms with E-state index in [1.165, 1.54) is 0 Å². The fraction of sp³-hybridized carbons (Fsp3) is 0. The van der Waals surface area contributed by atoms with E-state index < -0.39 is 0 Å². The van der Waals surface area contributed by atoms with Crippen LogP contribution >= 0.6 is 0 Å². The van der Waals surface area contributed by atoms with Gasteiger partial charge in [0.25, 0.3) is 0 Å². The number of halogens is 3. The minimum atomic E-state index is 0. The summed E-state index contributed by atoms with van der Waals surface area (Å²) in [7, 11) is 0. The normalized spacial score (nSPS) is 5.45. The second-order valence-electron chi connectivity index (χ2n) is 1.34. The molecule has 11 heavy (non-hydrogen) atoms. The van der Waals surface area contributed by atoms with E-state index >= 15 is 0 Å². The van der Waals surface area contributed by atoms with Crippen LogP contribution in [0.1, 0.15) is 0 Å². The zero-order valence-electron chi connectivity index (χ0n) is 5.47. The van der Waals surface area contributed by atoms with Gasteiger partial charge in [-0.05, 0) is 12.1 Å². The van der Waals surface area contributed by atoms with Crippen molar-refractivity contribution >= 4 is 0 Å². The number of hydrogen-bond donors (Lipinski definition) is 1. The van der Waals surface area contributed by atoms with E-state index in [0.29, 0.717) is 5.75 Å². The summed E-state index contributed by atoms with van der Waals surface area (Å²) in [6.45, 7) is 0. The molecule has 1 aromatic rings. The summed E-state index contributed by atoms with van der Waals surface area (Å²) in [6, 6.07) is 8.71. The third kappa shape index (κ3) is 10.6. The average Bonchev–Trinajstić information content (AvgIpc) is 1.69. The molecule has 1 N–H and O–H groups in total. The van der Waals surface area contributed by atoms with E-state index in [9.17, 15) is 0 Å². The Morgan fingerprint density at radius 1 is 0.818 bits per heavy atom. The smallest absolute Gasteiger partial charge is 1.00 e. The van der Waals surface area contributed by atoms with Crippen molar-refractivity contribution in [2.75, 3.05) is 0 Å². The number of phenols is 1. The van der Waals surface area contributed by atoms with Crippen LogP contribution in [0.3, 0.4) is 0 Å². The molecule has 0 saturated heterocycles. The Hall–Kier alpha value is 0.604. The first-order valence-electron chi connectivity index (χ1n) is 2.13. The Morgan fingerprint density at radius 2 is 1.18 bits per heavy atom. The van der Waals surface area contributed by atoms with E-state index in [1.807, 2.05) is 6.07 Å². The van der Waals surface area contributed by atoms with Crippen LogP contribution in [0, 0.1) is 0 Å². The summed E-state index contributed by atoms with van der Waals surface area (Å²) in [5, 5.41) is 8.63. The number of para-hydroxylation sites is 1. The van der Waals surface area contributed by atoms with Crippen LogP contribution < -0.4 is 37.2 Å². The summed E-state index contributed by atoms with van der Waals surface area (Å²) in [6.07, 6.45) is 0. The molecule has 0 unspecified atom stereocenters. The van der Waals surface area contributed by atoms with E-state index in [0.717, 1.165) is 0 Å².